The van der Waals surface area contributed by atoms with E-state index in [0.717, 1.165) is 0 Å². The average molecular weight is 347 g/mol. The van der Waals surface area contributed by atoms with E-state index < -0.39 is 5.82 Å². The highest BCUT2D eigenvalue weighted by molar-refractivity contribution is 5.86. The molecule has 0 heterocycles. The molecule has 7 heteroatoms. The number of carbonyl (C=O) groups excluding carboxylic acids is 1. The highest BCUT2D eigenvalue weighted by Gasteiger charge is 2.15. The molecular formula is C18H26FN5O. The number of rotatable bonds is 7. The van der Waals surface area contributed by atoms with Crippen LogP contribution in [0.4, 0.5) is 4.39 Å². The number of amides is 1. The van der Waals surface area contributed by atoms with Crippen molar-refractivity contribution in [1.82, 2.24) is 15.1 Å². The lowest BCUT2D eigenvalue weighted by Gasteiger charge is -2.25. The molecule has 0 saturated carbocycles. The molecule has 0 spiro atoms. The second-order valence-corrected chi connectivity index (χ2v) is 5.51. The number of nitrogens with zero attached hydrogens (tertiary/aromatic N) is 4. The van der Waals surface area contributed by atoms with Crippen LogP contribution in [-0.4, -0.2) is 54.9 Å². The number of hydrogen-bond acceptors (Lipinski definition) is 3. The monoisotopic (exact) mass is 347 g/mol. The molecule has 0 radical (unpaired) electrons. The Bertz CT molecular complexity index is 649. The SMILES string of the molecule is CCNC(=NCc1cc(C#N)ccc1F)N(C)CC(=O)N(CC)CC. The minimum atomic E-state index is -0.402. The first kappa shape index (κ1) is 20.4. The number of halogens is 1. The first-order chi connectivity index (χ1) is 12.0. The van der Waals surface area contributed by atoms with Crippen LogP contribution < -0.4 is 5.32 Å². The van der Waals surface area contributed by atoms with Gasteiger partial charge in [0, 0.05) is 32.2 Å². The van der Waals surface area contributed by atoms with Gasteiger partial charge in [-0.15, -0.1) is 0 Å². The number of aliphatic imine (C=N–C) groups is 1. The lowest BCUT2D eigenvalue weighted by Crippen LogP contribution is -2.45. The maximum atomic E-state index is 13.9. The van der Waals surface area contributed by atoms with Gasteiger partial charge in [0.15, 0.2) is 5.96 Å². The van der Waals surface area contributed by atoms with E-state index in [1.54, 1.807) is 16.8 Å². The normalized spacial score (nSPS) is 11.0. The molecule has 1 aromatic rings. The van der Waals surface area contributed by atoms with Crippen molar-refractivity contribution in [2.24, 2.45) is 4.99 Å². The predicted octanol–water partition coefficient (Wildman–Crippen LogP) is 1.96. The van der Waals surface area contributed by atoms with E-state index in [9.17, 15) is 9.18 Å². The molecule has 6 nitrogen and oxygen atoms in total. The Kier molecular flexibility index (Phi) is 8.40. The van der Waals surface area contributed by atoms with Crippen LogP contribution in [0.2, 0.25) is 0 Å². The molecule has 1 amide bonds. The van der Waals surface area contributed by atoms with E-state index >= 15 is 0 Å². The highest BCUT2D eigenvalue weighted by atomic mass is 19.1. The van der Waals surface area contributed by atoms with Crippen molar-refractivity contribution < 1.29 is 9.18 Å². The van der Waals surface area contributed by atoms with E-state index in [0.29, 0.717) is 36.7 Å². The number of carbonyl (C=O) groups is 1. The van der Waals surface area contributed by atoms with Crippen molar-refractivity contribution in [3.8, 4) is 6.07 Å². The molecule has 0 saturated heterocycles. The number of likely N-dealkylation sites (N-methyl/N-ethyl adjacent to an activating group) is 2. The summed E-state index contributed by atoms with van der Waals surface area (Å²) in [4.78, 5) is 20.1. The molecule has 25 heavy (non-hydrogen) atoms. The fourth-order valence-electron chi connectivity index (χ4n) is 2.35. The second-order valence-electron chi connectivity index (χ2n) is 5.51. The van der Waals surface area contributed by atoms with Crippen molar-refractivity contribution in [2.45, 2.75) is 27.3 Å². The zero-order chi connectivity index (χ0) is 18.8. The summed E-state index contributed by atoms with van der Waals surface area (Å²) in [6.07, 6.45) is 0. The summed E-state index contributed by atoms with van der Waals surface area (Å²) in [5.74, 6) is 0.126. The van der Waals surface area contributed by atoms with E-state index in [4.69, 9.17) is 5.26 Å². The van der Waals surface area contributed by atoms with Gasteiger partial charge >= 0.3 is 0 Å². The molecule has 136 valence electrons. The van der Waals surface area contributed by atoms with Crippen LogP contribution >= 0.6 is 0 Å². The molecule has 1 aromatic carbocycles. The van der Waals surface area contributed by atoms with Crippen molar-refractivity contribution in [3.63, 3.8) is 0 Å². The summed E-state index contributed by atoms with van der Waals surface area (Å²) in [6, 6.07) is 6.18. The number of nitrogens with one attached hydrogen (secondary N) is 1. The Morgan fingerprint density at radius 1 is 1.32 bits per heavy atom. The molecule has 0 unspecified atom stereocenters. The van der Waals surface area contributed by atoms with Gasteiger partial charge in [0.05, 0.1) is 24.7 Å². The Hall–Kier alpha value is -2.62. The average Bonchev–Trinajstić information content (AvgIpc) is 2.60. The smallest absolute Gasteiger partial charge is 0.242 e. The Morgan fingerprint density at radius 3 is 2.56 bits per heavy atom. The third kappa shape index (κ3) is 6.07. The summed E-state index contributed by atoms with van der Waals surface area (Å²) in [5, 5.41) is 12.0. The largest absolute Gasteiger partial charge is 0.357 e. The van der Waals surface area contributed by atoms with Crippen molar-refractivity contribution in [3.05, 3.63) is 35.1 Å². The molecule has 0 aliphatic heterocycles. The Balaban J connectivity index is 2.89. The fourth-order valence-corrected chi connectivity index (χ4v) is 2.35. The van der Waals surface area contributed by atoms with E-state index in [1.807, 2.05) is 26.8 Å². The Labute approximate surface area is 148 Å². The van der Waals surface area contributed by atoms with Crippen molar-refractivity contribution in [2.75, 3.05) is 33.2 Å². The summed E-state index contributed by atoms with van der Waals surface area (Å²) in [6.45, 7) is 8.01. The lowest BCUT2D eigenvalue weighted by molar-refractivity contribution is -0.131. The number of nitriles is 1. The van der Waals surface area contributed by atoms with Crippen molar-refractivity contribution >= 4 is 11.9 Å². The molecule has 0 bridgehead atoms. The maximum absolute atomic E-state index is 13.9. The first-order valence-electron chi connectivity index (χ1n) is 8.42. The Morgan fingerprint density at radius 2 is 2.00 bits per heavy atom. The van der Waals surface area contributed by atoms with Gasteiger partial charge in [0.25, 0.3) is 0 Å². The minimum absolute atomic E-state index is 0.00996. The molecular weight excluding hydrogens is 321 g/mol. The van der Waals surface area contributed by atoms with Crippen LogP contribution in [0.3, 0.4) is 0 Å². The number of benzene rings is 1. The van der Waals surface area contributed by atoms with Crippen LogP contribution in [0.5, 0.6) is 0 Å². The molecule has 0 fully saturated rings. The van der Waals surface area contributed by atoms with Gasteiger partial charge < -0.3 is 15.1 Å². The zero-order valence-corrected chi connectivity index (χ0v) is 15.3. The molecule has 1 N–H and O–H groups in total. The fraction of sp³-hybridized carbons (Fsp3) is 0.500. The van der Waals surface area contributed by atoms with E-state index in [2.05, 4.69) is 10.3 Å². The van der Waals surface area contributed by atoms with E-state index in [-0.39, 0.29) is 19.0 Å². The van der Waals surface area contributed by atoms with Crippen molar-refractivity contribution in [1.29, 1.82) is 5.26 Å². The standard InChI is InChI=1S/C18H26FN5O/c1-5-21-18(23(4)13-17(25)24(6-2)7-3)22-12-15-10-14(11-20)8-9-16(15)19/h8-10H,5-7,12-13H2,1-4H3,(H,21,22). The van der Waals surface area contributed by atoms with Gasteiger partial charge in [-0.25, -0.2) is 9.38 Å². The van der Waals surface area contributed by atoms with Gasteiger partial charge in [-0.1, -0.05) is 0 Å². The highest BCUT2D eigenvalue weighted by Crippen LogP contribution is 2.11. The molecule has 0 aromatic heterocycles. The van der Waals surface area contributed by atoms with Crippen LogP contribution in [0.25, 0.3) is 0 Å². The zero-order valence-electron chi connectivity index (χ0n) is 15.3. The van der Waals surface area contributed by atoms with Crippen LogP contribution in [0.1, 0.15) is 31.9 Å². The predicted molar refractivity (Wildman–Crippen MR) is 96.5 cm³/mol. The summed E-state index contributed by atoms with van der Waals surface area (Å²) in [7, 11) is 1.77. The van der Waals surface area contributed by atoms with Gasteiger partial charge in [-0.05, 0) is 39.0 Å². The van der Waals surface area contributed by atoms with Crippen LogP contribution in [-0.2, 0) is 11.3 Å². The molecule has 0 aliphatic carbocycles. The minimum Gasteiger partial charge on any atom is -0.357 e. The van der Waals surface area contributed by atoms with Gasteiger partial charge in [0.2, 0.25) is 5.91 Å². The lowest BCUT2D eigenvalue weighted by atomic mass is 10.1. The number of hydrogen-bond donors (Lipinski definition) is 1. The van der Waals surface area contributed by atoms with Crippen LogP contribution in [0.15, 0.2) is 23.2 Å². The maximum Gasteiger partial charge on any atom is 0.242 e. The van der Waals surface area contributed by atoms with Gasteiger partial charge in [0.1, 0.15) is 5.82 Å². The molecule has 1 rings (SSSR count). The van der Waals surface area contributed by atoms with Gasteiger partial charge in [-0.3, -0.25) is 4.79 Å². The summed E-state index contributed by atoms with van der Waals surface area (Å²) >= 11 is 0. The molecule has 0 aliphatic rings. The second kappa shape index (κ2) is 10.3. The topological polar surface area (TPSA) is 71.7 Å². The third-order valence-electron chi connectivity index (χ3n) is 3.76. The third-order valence-corrected chi connectivity index (χ3v) is 3.76. The summed E-state index contributed by atoms with van der Waals surface area (Å²) < 4.78 is 13.9. The van der Waals surface area contributed by atoms with Crippen LogP contribution in [0, 0.1) is 17.1 Å². The van der Waals surface area contributed by atoms with Gasteiger partial charge in [-0.2, -0.15) is 5.26 Å². The first-order valence-corrected chi connectivity index (χ1v) is 8.42. The number of guanidine groups is 1. The summed E-state index contributed by atoms with van der Waals surface area (Å²) in [5.41, 5.74) is 0.736. The van der Waals surface area contributed by atoms with E-state index in [1.165, 1.54) is 18.2 Å². The molecule has 0 atom stereocenters. The quantitative estimate of drug-likeness (QED) is 0.605.